The highest BCUT2D eigenvalue weighted by Crippen LogP contribution is 2.44. The summed E-state index contributed by atoms with van der Waals surface area (Å²) < 4.78 is 10.7. The molecule has 0 heterocycles. The highest BCUT2D eigenvalue weighted by Gasteiger charge is 2.32. The van der Waals surface area contributed by atoms with E-state index in [2.05, 4.69) is 34.9 Å². The third-order valence-corrected chi connectivity index (χ3v) is 6.29. The van der Waals surface area contributed by atoms with Crippen LogP contribution in [0.15, 0.2) is 48.5 Å². The predicted molar refractivity (Wildman–Crippen MR) is 128 cm³/mol. The van der Waals surface area contributed by atoms with Crippen LogP contribution in [0.3, 0.4) is 0 Å². The van der Waals surface area contributed by atoms with Gasteiger partial charge in [-0.05, 0) is 35.6 Å². The molecule has 0 bridgehead atoms. The van der Waals surface area contributed by atoms with E-state index in [0.717, 1.165) is 22.3 Å². The minimum atomic E-state index is -0.929. The summed E-state index contributed by atoms with van der Waals surface area (Å²) in [6, 6.07) is 16.3. The van der Waals surface area contributed by atoms with Crippen LogP contribution in [0.2, 0.25) is 0 Å². The lowest BCUT2D eigenvalue weighted by Gasteiger charge is -2.27. The van der Waals surface area contributed by atoms with Gasteiger partial charge < -0.3 is 25.2 Å². The lowest BCUT2D eigenvalue weighted by molar-refractivity contribution is -0.138. The fraction of sp³-hybridized carbons (Fsp3) is 0.423. The van der Waals surface area contributed by atoms with Crippen molar-refractivity contribution in [1.29, 1.82) is 0 Å². The Hall–Kier alpha value is -3.39. The molecule has 1 unspecified atom stereocenters. The first-order chi connectivity index (χ1) is 16.4. The summed E-state index contributed by atoms with van der Waals surface area (Å²) in [5, 5.41) is 14.1. The molecule has 1 atom stereocenters. The molecule has 0 spiro atoms. The first-order valence-electron chi connectivity index (χ1n) is 11.5. The number of nitrogens with one attached hydrogen (secondary N) is 2. The van der Waals surface area contributed by atoms with E-state index in [4.69, 9.17) is 14.6 Å². The standard InChI is InChI=1S/C26H32N2O6/c1-3-26(2,24(31)27-13-15-33-14-12-23(29)30)17-28-25(32)34-16-22-20-10-6-4-8-18(20)19-9-5-7-11-21(19)22/h4-11,22H,3,12-17H2,1-2H3,(H,27,31)(H,28,32)(H,29,30). The number of carboxylic acid groups (broad SMARTS) is 1. The van der Waals surface area contributed by atoms with Gasteiger partial charge in [0.15, 0.2) is 0 Å². The molecule has 1 aliphatic rings. The van der Waals surface area contributed by atoms with Crippen LogP contribution in [0.1, 0.15) is 43.7 Å². The minimum absolute atomic E-state index is 0.0277. The third kappa shape index (κ3) is 6.14. The fourth-order valence-electron chi connectivity index (χ4n) is 3.99. The van der Waals surface area contributed by atoms with Crippen LogP contribution in [0.5, 0.6) is 0 Å². The Labute approximate surface area is 199 Å². The van der Waals surface area contributed by atoms with Gasteiger partial charge in [-0.2, -0.15) is 0 Å². The molecule has 182 valence electrons. The Morgan fingerprint density at radius 2 is 1.59 bits per heavy atom. The minimum Gasteiger partial charge on any atom is -0.481 e. The van der Waals surface area contributed by atoms with Crippen molar-refractivity contribution < 1.29 is 29.0 Å². The summed E-state index contributed by atoms with van der Waals surface area (Å²) in [4.78, 5) is 35.6. The predicted octanol–water partition coefficient (Wildman–Crippen LogP) is 3.55. The summed E-state index contributed by atoms with van der Waals surface area (Å²) in [6.45, 7) is 4.57. The molecule has 2 aromatic rings. The Morgan fingerprint density at radius 3 is 2.18 bits per heavy atom. The van der Waals surface area contributed by atoms with Crippen molar-refractivity contribution in [3.63, 3.8) is 0 Å². The molecule has 8 heteroatoms. The Balaban J connectivity index is 1.47. The van der Waals surface area contributed by atoms with Crippen LogP contribution in [0, 0.1) is 5.41 Å². The molecule has 2 amide bonds. The molecule has 0 saturated heterocycles. The molecular weight excluding hydrogens is 436 g/mol. The highest BCUT2D eigenvalue weighted by molar-refractivity contribution is 5.83. The van der Waals surface area contributed by atoms with Crippen molar-refractivity contribution in [2.24, 2.45) is 5.41 Å². The molecule has 0 aromatic heterocycles. The monoisotopic (exact) mass is 468 g/mol. The Bertz CT molecular complexity index is 978. The van der Waals surface area contributed by atoms with Crippen LogP contribution in [0.25, 0.3) is 11.1 Å². The number of ether oxygens (including phenoxy) is 2. The van der Waals surface area contributed by atoms with E-state index in [9.17, 15) is 14.4 Å². The van der Waals surface area contributed by atoms with E-state index < -0.39 is 17.5 Å². The fourth-order valence-corrected chi connectivity index (χ4v) is 3.99. The maximum Gasteiger partial charge on any atom is 0.407 e. The Kier molecular flexibility index (Phi) is 8.65. The van der Waals surface area contributed by atoms with Crippen molar-refractivity contribution in [2.75, 3.05) is 32.9 Å². The SMILES string of the molecule is CCC(C)(CNC(=O)OCC1c2ccccc2-c2ccccc21)C(=O)NCCOCCC(=O)O. The molecule has 1 aliphatic carbocycles. The smallest absolute Gasteiger partial charge is 0.407 e. The first kappa shape index (κ1) is 25.2. The summed E-state index contributed by atoms with van der Waals surface area (Å²) in [5.74, 6) is -1.17. The summed E-state index contributed by atoms with van der Waals surface area (Å²) in [5.41, 5.74) is 3.79. The van der Waals surface area contributed by atoms with Crippen molar-refractivity contribution in [1.82, 2.24) is 10.6 Å². The van der Waals surface area contributed by atoms with Gasteiger partial charge in [0, 0.05) is 19.0 Å². The summed E-state index contributed by atoms with van der Waals surface area (Å²) in [7, 11) is 0. The maximum atomic E-state index is 12.6. The maximum absolute atomic E-state index is 12.6. The number of amides is 2. The van der Waals surface area contributed by atoms with Gasteiger partial charge in [-0.1, -0.05) is 55.5 Å². The molecule has 3 N–H and O–H groups in total. The molecule has 2 aromatic carbocycles. The van der Waals surface area contributed by atoms with Gasteiger partial charge >= 0.3 is 12.1 Å². The van der Waals surface area contributed by atoms with E-state index >= 15 is 0 Å². The van der Waals surface area contributed by atoms with E-state index in [0.29, 0.717) is 6.42 Å². The lowest BCUT2D eigenvalue weighted by atomic mass is 9.86. The average molecular weight is 469 g/mol. The van der Waals surface area contributed by atoms with Crippen molar-refractivity contribution in [3.05, 3.63) is 59.7 Å². The highest BCUT2D eigenvalue weighted by atomic mass is 16.5. The second-order valence-corrected chi connectivity index (χ2v) is 8.61. The van der Waals surface area contributed by atoms with Gasteiger partial charge in [0.1, 0.15) is 6.61 Å². The van der Waals surface area contributed by atoms with E-state index in [1.54, 1.807) is 6.92 Å². The normalized spacial score (nSPS) is 13.9. The average Bonchev–Trinajstić information content (AvgIpc) is 3.16. The summed E-state index contributed by atoms with van der Waals surface area (Å²) >= 11 is 0. The first-order valence-corrected chi connectivity index (χ1v) is 11.5. The lowest BCUT2D eigenvalue weighted by Crippen LogP contribution is -2.47. The molecule has 0 radical (unpaired) electrons. The number of carboxylic acids is 1. The molecule has 3 rings (SSSR count). The van der Waals surface area contributed by atoms with E-state index in [1.165, 1.54) is 0 Å². The van der Waals surface area contributed by atoms with Gasteiger partial charge in [-0.25, -0.2) is 4.79 Å². The number of hydrogen-bond acceptors (Lipinski definition) is 5. The van der Waals surface area contributed by atoms with Crippen molar-refractivity contribution in [3.8, 4) is 11.1 Å². The number of rotatable bonds is 12. The van der Waals surface area contributed by atoms with Gasteiger partial charge in [0.25, 0.3) is 0 Å². The van der Waals surface area contributed by atoms with Crippen LogP contribution >= 0.6 is 0 Å². The summed E-state index contributed by atoms with van der Waals surface area (Å²) in [6.07, 6.45) is -0.126. The molecule has 0 saturated carbocycles. The number of aliphatic carboxylic acids is 1. The number of alkyl carbamates (subject to hydrolysis) is 1. The van der Waals surface area contributed by atoms with E-state index in [-0.39, 0.29) is 51.2 Å². The van der Waals surface area contributed by atoms with Crippen LogP contribution in [-0.4, -0.2) is 56.0 Å². The second-order valence-electron chi connectivity index (χ2n) is 8.61. The second kappa shape index (κ2) is 11.7. The van der Waals surface area contributed by atoms with Gasteiger partial charge in [-0.3, -0.25) is 9.59 Å². The topological polar surface area (TPSA) is 114 Å². The number of fused-ring (bicyclic) bond motifs is 3. The number of benzene rings is 2. The number of carbonyl (C=O) groups is 3. The molecule has 34 heavy (non-hydrogen) atoms. The van der Waals surface area contributed by atoms with Gasteiger partial charge in [0.05, 0.1) is 25.0 Å². The van der Waals surface area contributed by atoms with Crippen molar-refractivity contribution >= 4 is 18.0 Å². The van der Waals surface area contributed by atoms with E-state index in [1.807, 2.05) is 31.2 Å². The number of carbonyl (C=O) groups excluding carboxylic acids is 2. The van der Waals surface area contributed by atoms with Gasteiger partial charge in [-0.15, -0.1) is 0 Å². The largest absolute Gasteiger partial charge is 0.481 e. The Morgan fingerprint density at radius 1 is 0.971 bits per heavy atom. The molecule has 0 aliphatic heterocycles. The molecule has 8 nitrogen and oxygen atoms in total. The quantitative estimate of drug-likeness (QED) is 0.411. The molecule has 0 fully saturated rings. The molecular formula is C26H32N2O6. The zero-order chi connectivity index (χ0) is 24.6. The van der Waals surface area contributed by atoms with Crippen LogP contribution in [-0.2, 0) is 19.1 Å². The van der Waals surface area contributed by atoms with Crippen LogP contribution < -0.4 is 10.6 Å². The number of hydrogen-bond donors (Lipinski definition) is 3. The van der Waals surface area contributed by atoms with Crippen LogP contribution in [0.4, 0.5) is 4.79 Å². The van der Waals surface area contributed by atoms with Crippen molar-refractivity contribution in [2.45, 2.75) is 32.6 Å². The zero-order valence-electron chi connectivity index (χ0n) is 19.6. The zero-order valence-corrected chi connectivity index (χ0v) is 19.6. The third-order valence-electron chi connectivity index (χ3n) is 6.29. The van der Waals surface area contributed by atoms with Gasteiger partial charge in [0.2, 0.25) is 5.91 Å².